The van der Waals surface area contributed by atoms with Crippen LogP contribution in [0.3, 0.4) is 0 Å². The van der Waals surface area contributed by atoms with E-state index in [0.29, 0.717) is 12.8 Å². The number of anilines is 1. The van der Waals surface area contributed by atoms with E-state index in [1.165, 1.54) is 0 Å². The van der Waals surface area contributed by atoms with Gasteiger partial charge in [-0.05, 0) is 41.1 Å². The molecule has 1 atom stereocenters. The summed E-state index contributed by atoms with van der Waals surface area (Å²) in [5, 5.41) is 8.03. The Balaban J connectivity index is 1.45. The fraction of sp³-hybridized carbons (Fsp3) is 0.190. The second kappa shape index (κ2) is 6.96. The SMILES string of the molecule is O=C(Cc1ccc2cnccc2c1)Nc1cccc(C2CCC(=O)N2)c1. The molecule has 2 aromatic carbocycles. The van der Waals surface area contributed by atoms with E-state index in [9.17, 15) is 9.59 Å². The second-order valence-corrected chi connectivity index (χ2v) is 6.57. The number of amides is 2. The zero-order valence-corrected chi connectivity index (χ0v) is 14.2. The number of hydrogen-bond donors (Lipinski definition) is 2. The smallest absolute Gasteiger partial charge is 0.228 e. The lowest BCUT2D eigenvalue weighted by molar-refractivity contribution is -0.119. The number of rotatable bonds is 4. The number of benzene rings is 2. The average molecular weight is 345 g/mol. The molecule has 3 aromatic rings. The summed E-state index contributed by atoms with van der Waals surface area (Å²) in [7, 11) is 0. The third-order valence-electron chi connectivity index (χ3n) is 4.64. The molecule has 0 saturated carbocycles. The van der Waals surface area contributed by atoms with E-state index in [-0.39, 0.29) is 17.9 Å². The first-order valence-corrected chi connectivity index (χ1v) is 8.69. The molecule has 1 saturated heterocycles. The van der Waals surface area contributed by atoms with Gasteiger partial charge in [0.1, 0.15) is 0 Å². The molecule has 1 aliphatic heterocycles. The van der Waals surface area contributed by atoms with Crippen LogP contribution in [0, 0.1) is 0 Å². The van der Waals surface area contributed by atoms with Crippen LogP contribution >= 0.6 is 0 Å². The van der Waals surface area contributed by atoms with Gasteiger partial charge in [0, 0.05) is 29.9 Å². The minimum Gasteiger partial charge on any atom is -0.349 e. The fourth-order valence-corrected chi connectivity index (χ4v) is 3.33. The lowest BCUT2D eigenvalue weighted by Crippen LogP contribution is -2.19. The first kappa shape index (κ1) is 16.3. The van der Waals surface area contributed by atoms with Crippen molar-refractivity contribution in [3.8, 4) is 0 Å². The van der Waals surface area contributed by atoms with Crippen LogP contribution in [0.25, 0.3) is 10.8 Å². The van der Waals surface area contributed by atoms with E-state index in [1.54, 1.807) is 6.20 Å². The molecule has 4 rings (SSSR count). The summed E-state index contributed by atoms with van der Waals surface area (Å²) in [5.74, 6) is 0.0157. The summed E-state index contributed by atoms with van der Waals surface area (Å²) in [6, 6.07) is 15.6. The number of nitrogens with zero attached hydrogens (tertiary/aromatic N) is 1. The predicted octanol–water partition coefficient (Wildman–Crippen LogP) is 3.37. The van der Waals surface area contributed by atoms with Gasteiger partial charge in [-0.3, -0.25) is 14.6 Å². The summed E-state index contributed by atoms with van der Waals surface area (Å²) in [5.41, 5.74) is 2.73. The summed E-state index contributed by atoms with van der Waals surface area (Å²) < 4.78 is 0. The zero-order chi connectivity index (χ0) is 17.9. The maximum atomic E-state index is 12.4. The Bertz CT molecular complexity index is 984. The van der Waals surface area contributed by atoms with E-state index in [1.807, 2.05) is 54.7 Å². The summed E-state index contributed by atoms with van der Waals surface area (Å²) >= 11 is 0. The van der Waals surface area contributed by atoms with Crippen molar-refractivity contribution in [2.45, 2.75) is 25.3 Å². The molecule has 0 spiro atoms. The maximum Gasteiger partial charge on any atom is 0.228 e. The molecule has 2 N–H and O–H groups in total. The van der Waals surface area contributed by atoms with E-state index in [4.69, 9.17) is 0 Å². The van der Waals surface area contributed by atoms with E-state index in [0.717, 1.165) is 34.0 Å². The highest BCUT2D eigenvalue weighted by Crippen LogP contribution is 2.25. The highest BCUT2D eigenvalue weighted by molar-refractivity contribution is 5.93. The molecule has 0 bridgehead atoms. The first-order chi connectivity index (χ1) is 12.7. The van der Waals surface area contributed by atoms with Gasteiger partial charge < -0.3 is 10.6 Å². The van der Waals surface area contributed by atoms with Crippen LogP contribution in [0.15, 0.2) is 60.9 Å². The molecule has 1 aliphatic rings. The van der Waals surface area contributed by atoms with Crippen LogP contribution in [0.5, 0.6) is 0 Å². The summed E-state index contributed by atoms with van der Waals surface area (Å²) in [4.78, 5) is 27.9. The Hall–Kier alpha value is -3.21. The van der Waals surface area contributed by atoms with Gasteiger partial charge in [0.25, 0.3) is 0 Å². The second-order valence-electron chi connectivity index (χ2n) is 6.57. The van der Waals surface area contributed by atoms with Gasteiger partial charge in [-0.1, -0.05) is 30.3 Å². The lowest BCUT2D eigenvalue weighted by Gasteiger charge is -2.12. The number of aromatic nitrogens is 1. The zero-order valence-electron chi connectivity index (χ0n) is 14.2. The van der Waals surface area contributed by atoms with Crippen LogP contribution in [0.1, 0.15) is 30.0 Å². The van der Waals surface area contributed by atoms with E-state index in [2.05, 4.69) is 15.6 Å². The molecular formula is C21H19N3O2. The normalized spacial score (nSPS) is 16.5. The predicted molar refractivity (Wildman–Crippen MR) is 101 cm³/mol. The number of nitrogens with one attached hydrogen (secondary N) is 2. The largest absolute Gasteiger partial charge is 0.349 e. The Kier molecular flexibility index (Phi) is 4.35. The minimum absolute atomic E-state index is 0.0356. The molecule has 5 nitrogen and oxygen atoms in total. The number of carbonyl (C=O) groups is 2. The molecule has 0 radical (unpaired) electrons. The van der Waals surface area contributed by atoms with Crippen LogP contribution in [0.4, 0.5) is 5.69 Å². The average Bonchev–Trinajstić information content (AvgIpc) is 3.08. The molecule has 26 heavy (non-hydrogen) atoms. The highest BCUT2D eigenvalue weighted by atomic mass is 16.2. The molecule has 0 aliphatic carbocycles. The number of hydrogen-bond acceptors (Lipinski definition) is 3. The molecule has 130 valence electrons. The van der Waals surface area contributed by atoms with Crippen molar-refractivity contribution in [3.05, 3.63) is 72.1 Å². The van der Waals surface area contributed by atoms with Crippen molar-refractivity contribution in [2.24, 2.45) is 0 Å². The third-order valence-corrected chi connectivity index (χ3v) is 4.64. The van der Waals surface area contributed by atoms with Crippen molar-refractivity contribution < 1.29 is 9.59 Å². The fourth-order valence-electron chi connectivity index (χ4n) is 3.33. The van der Waals surface area contributed by atoms with Crippen molar-refractivity contribution in [1.82, 2.24) is 10.3 Å². The van der Waals surface area contributed by atoms with E-state index < -0.39 is 0 Å². The number of carbonyl (C=O) groups excluding carboxylic acids is 2. The molecule has 2 amide bonds. The van der Waals surface area contributed by atoms with Gasteiger partial charge in [-0.2, -0.15) is 0 Å². The first-order valence-electron chi connectivity index (χ1n) is 8.69. The Morgan fingerprint density at radius 2 is 2.08 bits per heavy atom. The summed E-state index contributed by atoms with van der Waals surface area (Å²) in [6.45, 7) is 0. The van der Waals surface area contributed by atoms with Gasteiger partial charge >= 0.3 is 0 Å². The van der Waals surface area contributed by atoms with Crippen molar-refractivity contribution >= 4 is 28.3 Å². The highest BCUT2D eigenvalue weighted by Gasteiger charge is 2.22. The Morgan fingerprint density at radius 3 is 2.92 bits per heavy atom. The van der Waals surface area contributed by atoms with Crippen LogP contribution in [-0.2, 0) is 16.0 Å². The molecule has 2 heterocycles. The molecule has 5 heteroatoms. The Morgan fingerprint density at radius 1 is 1.15 bits per heavy atom. The standard InChI is InChI=1S/C21H19N3O2/c25-20-7-6-19(24-20)16-2-1-3-18(12-16)23-21(26)11-14-4-5-17-13-22-9-8-15(17)10-14/h1-5,8-10,12-13,19H,6-7,11H2,(H,23,26)(H,24,25). The van der Waals surface area contributed by atoms with Gasteiger partial charge in [-0.25, -0.2) is 0 Å². The molecule has 1 aromatic heterocycles. The van der Waals surface area contributed by atoms with Crippen molar-refractivity contribution in [2.75, 3.05) is 5.32 Å². The monoisotopic (exact) mass is 345 g/mol. The van der Waals surface area contributed by atoms with Crippen LogP contribution in [-0.4, -0.2) is 16.8 Å². The minimum atomic E-state index is -0.0639. The van der Waals surface area contributed by atoms with Crippen LogP contribution < -0.4 is 10.6 Å². The lowest BCUT2D eigenvalue weighted by atomic mass is 10.0. The maximum absolute atomic E-state index is 12.4. The molecule has 1 unspecified atom stereocenters. The van der Waals surface area contributed by atoms with Gasteiger partial charge in [-0.15, -0.1) is 0 Å². The van der Waals surface area contributed by atoms with Gasteiger partial charge in [0.2, 0.25) is 11.8 Å². The summed E-state index contributed by atoms with van der Waals surface area (Å²) in [6.07, 6.45) is 5.22. The van der Waals surface area contributed by atoms with Crippen LogP contribution in [0.2, 0.25) is 0 Å². The van der Waals surface area contributed by atoms with Gasteiger partial charge in [0.05, 0.1) is 12.5 Å². The number of pyridine rings is 1. The quantitative estimate of drug-likeness (QED) is 0.762. The van der Waals surface area contributed by atoms with Crippen molar-refractivity contribution in [1.29, 1.82) is 0 Å². The van der Waals surface area contributed by atoms with Gasteiger partial charge in [0.15, 0.2) is 0 Å². The Labute approximate surface area is 151 Å². The third kappa shape index (κ3) is 3.57. The number of fused-ring (bicyclic) bond motifs is 1. The molecule has 1 fully saturated rings. The van der Waals surface area contributed by atoms with Crippen molar-refractivity contribution in [3.63, 3.8) is 0 Å². The molecular weight excluding hydrogens is 326 g/mol. The van der Waals surface area contributed by atoms with E-state index >= 15 is 0 Å². The topological polar surface area (TPSA) is 71.1 Å².